The first-order valence-corrected chi connectivity index (χ1v) is 6.99. The second-order valence-corrected chi connectivity index (χ2v) is 5.39. The summed E-state index contributed by atoms with van der Waals surface area (Å²) in [7, 11) is 0. The molecule has 0 heterocycles. The highest BCUT2D eigenvalue weighted by atomic mass is 16.2. The zero-order valence-electron chi connectivity index (χ0n) is 11.5. The molecule has 20 heavy (non-hydrogen) atoms. The van der Waals surface area contributed by atoms with Gasteiger partial charge in [-0.2, -0.15) is 0 Å². The number of anilines is 1. The number of nitrogens with two attached hydrogens (primary N) is 2. The van der Waals surface area contributed by atoms with Gasteiger partial charge in [-0.3, -0.25) is 9.59 Å². The molecule has 1 aliphatic rings. The monoisotopic (exact) mass is 275 g/mol. The third-order valence-electron chi connectivity index (χ3n) is 3.82. The van der Waals surface area contributed by atoms with E-state index in [2.05, 4.69) is 5.32 Å². The largest absolute Gasteiger partial charge is 0.399 e. The van der Waals surface area contributed by atoms with Gasteiger partial charge in [-0.25, -0.2) is 0 Å². The van der Waals surface area contributed by atoms with Crippen LogP contribution in [0.25, 0.3) is 0 Å². The minimum atomic E-state index is -0.317. The van der Waals surface area contributed by atoms with Crippen LogP contribution in [0.2, 0.25) is 0 Å². The van der Waals surface area contributed by atoms with E-state index < -0.39 is 0 Å². The normalized spacial score (nSPS) is 22.2. The lowest BCUT2D eigenvalue weighted by Gasteiger charge is -2.30. The smallest absolute Gasteiger partial charge is 0.224 e. The lowest BCUT2D eigenvalue weighted by molar-refractivity contribution is -0.125. The molecule has 5 heteroatoms. The third-order valence-corrected chi connectivity index (χ3v) is 3.82. The quantitative estimate of drug-likeness (QED) is 0.714. The van der Waals surface area contributed by atoms with Crippen LogP contribution in [0.4, 0.5) is 5.69 Å². The van der Waals surface area contributed by atoms with E-state index in [9.17, 15) is 9.59 Å². The van der Waals surface area contributed by atoms with E-state index >= 15 is 0 Å². The Hall–Kier alpha value is -2.04. The molecular formula is C15H21N3O2. The lowest BCUT2D eigenvalue weighted by atomic mass is 9.84. The van der Waals surface area contributed by atoms with Gasteiger partial charge in [-0.15, -0.1) is 0 Å². The van der Waals surface area contributed by atoms with Gasteiger partial charge in [0.15, 0.2) is 0 Å². The van der Waals surface area contributed by atoms with Crippen LogP contribution in [0.5, 0.6) is 0 Å². The number of benzene rings is 1. The van der Waals surface area contributed by atoms with Crippen molar-refractivity contribution < 1.29 is 9.59 Å². The zero-order chi connectivity index (χ0) is 14.5. The number of hydrogen-bond donors (Lipinski definition) is 3. The SMILES string of the molecule is NC(=O)C1CCCCC1NC(=O)Cc1ccc(N)cc1. The van der Waals surface area contributed by atoms with Crippen molar-refractivity contribution >= 4 is 17.5 Å². The van der Waals surface area contributed by atoms with Gasteiger partial charge >= 0.3 is 0 Å². The van der Waals surface area contributed by atoms with Gasteiger partial charge in [-0.1, -0.05) is 25.0 Å². The molecule has 0 saturated heterocycles. The predicted molar refractivity (Wildman–Crippen MR) is 77.6 cm³/mol. The molecule has 1 saturated carbocycles. The number of hydrogen-bond acceptors (Lipinski definition) is 3. The highest BCUT2D eigenvalue weighted by Gasteiger charge is 2.30. The van der Waals surface area contributed by atoms with Crippen LogP contribution in [-0.4, -0.2) is 17.9 Å². The summed E-state index contributed by atoms with van der Waals surface area (Å²) >= 11 is 0. The maximum atomic E-state index is 12.0. The Balaban J connectivity index is 1.92. The summed E-state index contributed by atoms with van der Waals surface area (Å²) in [6.45, 7) is 0. The van der Waals surface area contributed by atoms with Gasteiger partial charge in [0.05, 0.1) is 12.3 Å². The van der Waals surface area contributed by atoms with Gasteiger partial charge in [-0.05, 0) is 30.5 Å². The van der Waals surface area contributed by atoms with E-state index in [1.54, 1.807) is 12.1 Å². The van der Waals surface area contributed by atoms with Crippen LogP contribution in [0.3, 0.4) is 0 Å². The van der Waals surface area contributed by atoms with Crippen molar-refractivity contribution in [2.24, 2.45) is 11.7 Å². The fourth-order valence-corrected chi connectivity index (χ4v) is 2.72. The Bertz CT molecular complexity index is 484. The van der Waals surface area contributed by atoms with Crippen molar-refractivity contribution in [3.8, 4) is 0 Å². The maximum Gasteiger partial charge on any atom is 0.224 e. The Morgan fingerprint density at radius 1 is 1.15 bits per heavy atom. The van der Waals surface area contributed by atoms with E-state index in [-0.39, 0.29) is 23.8 Å². The first-order chi connectivity index (χ1) is 9.56. The number of carbonyl (C=O) groups excluding carboxylic acids is 2. The zero-order valence-corrected chi connectivity index (χ0v) is 11.5. The van der Waals surface area contributed by atoms with Crippen LogP contribution < -0.4 is 16.8 Å². The first-order valence-electron chi connectivity index (χ1n) is 6.99. The van der Waals surface area contributed by atoms with Crippen molar-refractivity contribution in [2.75, 3.05) is 5.73 Å². The van der Waals surface area contributed by atoms with Gasteiger partial charge in [0.25, 0.3) is 0 Å². The molecule has 0 aromatic heterocycles. The van der Waals surface area contributed by atoms with E-state index in [4.69, 9.17) is 11.5 Å². The Morgan fingerprint density at radius 2 is 1.80 bits per heavy atom. The number of nitrogens with one attached hydrogen (secondary N) is 1. The Morgan fingerprint density at radius 3 is 2.45 bits per heavy atom. The molecule has 108 valence electrons. The molecule has 0 radical (unpaired) electrons. The fraction of sp³-hybridized carbons (Fsp3) is 0.467. The second-order valence-electron chi connectivity index (χ2n) is 5.39. The molecule has 0 aliphatic heterocycles. The standard InChI is InChI=1S/C15H21N3O2/c16-11-7-5-10(6-8-11)9-14(19)18-13-4-2-1-3-12(13)15(17)20/h5-8,12-13H,1-4,9,16H2,(H2,17,20)(H,18,19). The molecule has 1 aliphatic carbocycles. The Labute approximate surface area is 118 Å². The molecule has 2 rings (SSSR count). The highest BCUT2D eigenvalue weighted by molar-refractivity contribution is 5.81. The molecule has 1 aromatic carbocycles. The minimum absolute atomic E-state index is 0.0760. The van der Waals surface area contributed by atoms with Crippen LogP contribution in [0, 0.1) is 5.92 Å². The molecule has 0 spiro atoms. The predicted octanol–water partition coefficient (Wildman–Crippen LogP) is 0.972. The summed E-state index contributed by atoms with van der Waals surface area (Å²) < 4.78 is 0. The number of nitrogen functional groups attached to an aromatic ring is 1. The lowest BCUT2D eigenvalue weighted by Crippen LogP contribution is -2.47. The van der Waals surface area contributed by atoms with E-state index in [1.165, 1.54) is 0 Å². The number of carbonyl (C=O) groups is 2. The number of rotatable bonds is 4. The maximum absolute atomic E-state index is 12.0. The van der Waals surface area contributed by atoms with Crippen molar-refractivity contribution in [2.45, 2.75) is 38.1 Å². The van der Waals surface area contributed by atoms with Gasteiger partial charge in [0.1, 0.15) is 0 Å². The summed E-state index contributed by atoms with van der Waals surface area (Å²) in [5.41, 5.74) is 12.6. The van der Waals surface area contributed by atoms with E-state index in [0.717, 1.165) is 31.2 Å². The summed E-state index contributed by atoms with van der Waals surface area (Å²) in [5.74, 6) is -0.630. The topological polar surface area (TPSA) is 98.2 Å². The summed E-state index contributed by atoms with van der Waals surface area (Å²) in [6.07, 6.45) is 3.90. The summed E-state index contributed by atoms with van der Waals surface area (Å²) in [6, 6.07) is 7.09. The van der Waals surface area contributed by atoms with Crippen molar-refractivity contribution in [3.05, 3.63) is 29.8 Å². The molecule has 1 fully saturated rings. The highest BCUT2D eigenvalue weighted by Crippen LogP contribution is 2.24. The molecule has 1 aromatic rings. The van der Waals surface area contributed by atoms with E-state index in [1.807, 2.05) is 12.1 Å². The van der Waals surface area contributed by atoms with Crippen LogP contribution in [-0.2, 0) is 16.0 Å². The van der Waals surface area contributed by atoms with Crippen molar-refractivity contribution in [1.82, 2.24) is 5.32 Å². The average molecular weight is 275 g/mol. The van der Waals surface area contributed by atoms with Crippen LogP contribution >= 0.6 is 0 Å². The molecule has 5 N–H and O–H groups in total. The van der Waals surface area contributed by atoms with Crippen molar-refractivity contribution in [3.63, 3.8) is 0 Å². The molecule has 5 nitrogen and oxygen atoms in total. The van der Waals surface area contributed by atoms with E-state index in [0.29, 0.717) is 12.1 Å². The van der Waals surface area contributed by atoms with Gasteiger partial charge < -0.3 is 16.8 Å². The fourth-order valence-electron chi connectivity index (χ4n) is 2.72. The summed E-state index contributed by atoms with van der Waals surface area (Å²) in [5, 5.41) is 2.94. The van der Waals surface area contributed by atoms with Crippen molar-refractivity contribution in [1.29, 1.82) is 0 Å². The van der Waals surface area contributed by atoms with Gasteiger partial charge in [0, 0.05) is 11.7 Å². The molecule has 2 atom stereocenters. The number of amides is 2. The van der Waals surface area contributed by atoms with Crippen LogP contribution in [0.15, 0.2) is 24.3 Å². The van der Waals surface area contributed by atoms with Crippen LogP contribution in [0.1, 0.15) is 31.2 Å². The molecule has 2 unspecified atom stereocenters. The average Bonchev–Trinajstić information content (AvgIpc) is 2.41. The minimum Gasteiger partial charge on any atom is -0.399 e. The summed E-state index contributed by atoms with van der Waals surface area (Å²) in [4.78, 5) is 23.4. The molecular weight excluding hydrogens is 254 g/mol. The third kappa shape index (κ3) is 3.73. The van der Waals surface area contributed by atoms with Gasteiger partial charge in [0.2, 0.25) is 11.8 Å². The number of primary amides is 1. The second kappa shape index (κ2) is 6.41. The molecule has 2 amide bonds. The molecule has 0 bridgehead atoms. The first kappa shape index (κ1) is 14.4. The Kier molecular flexibility index (Phi) is 4.61.